The second kappa shape index (κ2) is 9.63. The number of aryl methyl sites for hydroxylation is 1. The van der Waals surface area contributed by atoms with E-state index in [0.29, 0.717) is 29.3 Å². The third-order valence-corrected chi connectivity index (χ3v) is 5.82. The highest BCUT2D eigenvalue weighted by atomic mass is 16.1. The van der Waals surface area contributed by atoms with Crippen LogP contribution >= 0.6 is 0 Å². The highest BCUT2D eigenvalue weighted by molar-refractivity contribution is 5.70. The van der Waals surface area contributed by atoms with Gasteiger partial charge in [0.15, 0.2) is 0 Å². The fourth-order valence-electron chi connectivity index (χ4n) is 4.11. The molecule has 1 aliphatic heterocycles. The minimum atomic E-state index is -0.119. The molecule has 4 rings (SSSR count). The third kappa shape index (κ3) is 4.63. The Morgan fingerprint density at radius 2 is 1.91 bits per heavy atom. The van der Waals surface area contributed by atoms with Crippen LogP contribution in [0.4, 0.5) is 5.95 Å². The second-order valence-electron chi connectivity index (χ2n) is 8.16. The summed E-state index contributed by atoms with van der Waals surface area (Å²) in [5.41, 5.74) is 9.70. The molecule has 3 aromatic rings. The van der Waals surface area contributed by atoms with Crippen LogP contribution in [0.25, 0.3) is 12.2 Å². The van der Waals surface area contributed by atoms with Gasteiger partial charge in [-0.1, -0.05) is 54.6 Å². The van der Waals surface area contributed by atoms with Crippen molar-refractivity contribution >= 4 is 18.1 Å². The number of hydrogen-bond acceptors (Lipinski definition) is 5. The molecule has 6 heteroatoms. The number of nitriles is 1. The summed E-state index contributed by atoms with van der Waals surface area (Å²) in [6.07, 6.45) is 5.68. The van der Waals surface area contributed by atoms with E-state index < -0.39 is 0 Å². The lowest BCUT2D eigenvalue weighted by molar-refractivity contribution is 0.490. The molecule has 6 nitrogen and oxygen atoms in total. The Balaban J connectivity index is 1.82. The van der Waals surface area contributed by atoms with Crippen molar-refractivity contribution in [3.05, 3.63) is 92.9 Å². The van der Waals surface area contributed by atoms with Crippen LogP contribution in [0.15, 0.2) is 59.4 Å². The SMILES string of the molecule is Cc1nc(N2CCC[C@@H](N)C2)n(Cc2ccccc2C#N)c(=O)c1/C=C/c1ccccc1. The maximum Gasteiger partial charge on any atom is 0.262 e. The van der Waals surface area contributed by atoms with Gasteiger partial charge in [0.25, 0.3) is 5.56 Å². The van der Waals surface area contributed by atoms with Crippen molar-refractivity contribution in [1.29, 1.82) is 5.26 Å². The topological polar surface area (TPSA) is 87.9 Å². The first-order chi connectivity index (χ1) is 15.6. The number of aromatic nitrogens is 2. The van der Waals surface area contributed by atoms with Gasteiger partial charge in [0.05, 0.1) is 29.4 Å². The van der Waals surface area contributed by atoms with Crippen LogP contribution in [-0.2, 0) is 6.54 Å². The monoisotopic (exact) mass is 425 g/mol. The van der Waals surface area contributed by atoms with Gasteiger partial charge in [0, 0.05) is 19.1 Å². The molecule has 2 heterocycles. The van der Waals surface area contributed by atoms with Gasteiger partial charge in [-0.05, 0) is 43.0 Å². The summed E-state index contributed by atoms with van der Waals surface area (Å²) in [6, 6.07) is 19.5. The smallest absolute Gasteiger partial charge is 0.262 e. The summed E-state index contributed by atoms with van der Waals surface area (Å²) < 4.78 is 1.69. The summed E-state index contributed by atoms with van der Waals surface area (Å²) in [5, 5.41) is 9.54. The van der Waals surface area contributed by atoms with Crippen molar-refractivity contribution in [2.24, 2.45) is 5.73 Å². The molecule has 1 saturated heterocycles. The Morgan fingerprint density at radius 1 is 1.16 bits per heavy atom. The molecule has 1 fully saturated rings. The van der Waals surface area contributed by atoms with E-state index in [1.165, 1.54) is 0 Å². The lowest BCUT2D eigenvalue weighted by Gasteiger charge is -2.33. The fourth-order valence-corrected chi connectivity index (χ4v) is 4.11. The average molecular weight is 426 g/mol. The summed E-state index contributed by atoms with van der Waals surface area (Å²) in [5.74, 6) is 0.618. The van der Waals surface area contributed by atoms with Gasteiger partial charge in [-0.2, -0.15) is 5.26 Å². The molecule has 162 valence electrons. The van der Waals surface area contributed by atoms with E-state index in [0.717, 1.165) is 30.5 Å². The minimum absolute atomic E-state index is 0.0541. The molecule has 0 amide bonds. The third-order valence-electron chi connectivity index (χ3n) is 5.82. The van der Waals surface area contributed by atoms with Crippen molar-refractivity contribution in [1.82, 2.24) is 9.55 Å². The van der Waals surface area contributed by atoms with E-state index in [2.05, 4.69) is 11.0 Å². The van der Waals surface area contributed by atoms with Gasteiger partial charge >= 0.3 is 0 Å². The lowest BCUT2D eigenvalue weighted by atomic mass is 10.1. The Kier molecular flexibility index (Phi) is 6.48. The number of piperidine rings is 1. The van der Waals surface area contributed by atoms with E-state index in [9.17, 15) is 10.1 Å². The Morgan fingerprint density at radius 3 is 2.66 bits per heavy atom. The molecule has 2 N–H and O–H groups in total. The van der Waals surface area contributed by atoms with Crippen LogP contribution in [0.3, 0.4) is 0 Å². The van der Waals surface area contributed by atoms with E-state index >= 15 is 0 Å². The number of nitrogens with zero attached hydrogens (tertiary/aromatic N) is 4. The molecule has 0 unspecified atom stereocenters. The van der Waals surface area contributed by atoms with E-state index in [1.54, 1.807) is 10.6 Å². The number of anilines is 1. The molecular formula is C26H27N5O. The molecule has 0 bridgehead atoms. The summed E-state index contributed by atoms with van der Waals surface area (Å²) in [6.45, 7) is 3.61. The van der Waals surface area contributed by atoms with Gasteiger partial charge < -0.3 is 10.6 Å². The second-order valence-corrected chi connectivity index (χ2v) is 8.16. The number of rotatable bonds is 5. The molecule has 1 aliphatic rings. The van der Waals surface area contributed by atoms with E-state index in [1.807, 2.05) is 67.6 Å². The normalized spacial score (nSPS) is 16.3. The van der Waals surface area contributed by atoms with Crippen LogP contribution in [-0.4, -0.2) is 28.7 Å². The van der Waals surface area contributed by atoms with Gasteiger partial charge in [-0.25, -0.2) is 4.98 Å². The number of hydrogen-bond donors (Lipinski definition) is 1. The zero-order valence-corrected chi connectivity index (χ0v) is 18.2. The average Bonchev–Trinajstić information content (AvgIpc) is 2.81. The van der Waals surface area contributed by atoms with Gasteiger partial charge in [0.1, 0.15) is 0 Å². The van der Waals surface area contributed by atoms with Crippen molar-refractivity contribution in [3.8, 4) is 6.07 Å². The van der Waals surface area contributed by atoms with Crippen LogP contribution in [0, 0.1) is 18.3 Å². The van der Waals surface area contributed by atoms with Crippen LogP contribution in [0.5, 0.6) is 0 Å². The summed E-state index contributed by atoms with van der Waals surface area (Å²) in [7, 11) is 0. The molecule has 1 atom stereocenters. The molecule has 0 aliphatic carbocycles. The highest BCUT2D eigenvalue weighted by Gasteiger charge is 2.23. The molecule has 32 heavy (non-hydrogen) atoms. The van der Waals surface area contributed by atoms with Crippen molar-refractivity contribution in [2.45, 2.75) is 32.4 Å². The summed E-state index contributed by atoms with van der Waals surface area (Å²) in [4.78, 5) is 20.6. The Hall–Kier alpha value is -3.69. The zero-order valence-electron chi connectivity index (χ0n) is 18.2. The predicted molar refractivity (Wildman–Crippen MR) is 128 cm³/mol. The van der Waals surface area contributed by atoms with Crippen LogP contribution < -0.4 is 16.2 Å². The van der Waals surface area contributed by atoms with Crippen LogP contribution in [0.2, 0.25) is 0 Å². The maximum absolute atomic E-state index is 13.7. The first-order valence-corrected chi connectivity index (χ1v) is 10.9. The van der Waals surface area contributed by atoms with Crippen molar-refractivity contribution < 1.29 is 0 Å². The number of benzene rings is 2. The maximum atomic E-state index is 13.7. The standard InChI is InChI=1S/C26H27N5O/c1-19-24(14-13-20-8-3-2-4-9-20)25(32)31(17-22-11-6-5-10-21(22)16-27)26(29-19)30-15-7-12-23(28)18-30/h2-6,8-11,13-14,23H,7,12,15,17-18,28H2,1H3/b14-13+/t23-/m1/s1. The zero-order chi connectivity index (χ0) is 22.5. The largest absolute Gasteiger partial charge is 0.341 e. The van der Waals surface area contributed by atoms with Gasteiger partial charge in [0.2, 0.25) is 5.95 Å². The molecule has 0 saturated carbocycles. The lowest BCUT2D eigenvalue weighted by Crippen LogP contribution is -2.46. The highest BCUT2D eigenvalue weighted by Crippen LogP contribution is 2.21. The molecular weight excluding hydrogens is 398 g/mol. The molecule has 2 aromatic carbocycles. The van der Waals surface area contributed by atoms with E-state index in [-0.39, 0.29) is 18.1 Å². The van der Waals surface area contributed by atoms with Crippen molar-refractivity contribution in [3.63, 3.8) is 0 Å². The Bertz CT molecular complexity index is 1220. The van der Waals surface area contributed by atoms with Crippen LogP contribution in [0.1, 0.15) is 40.8 Å². The molecule has 1 aromatic heterocycles. The predicted octanol–water partition coefficient (Wildman–Crippen LogP) is 3.57. The minimum Gasteiger partial charge on any atom is -0.341 e. The number of nitrogens with two attached hydrogens (primary N) is 1. The van der Waals surface area contributed by atoms with Gasteiger partial charge in [-0.3, -0.25) is 9.36 Å². The molecule has 0 spiro atoms. The summed E-state index contributed by atoms with van der Waals surface area (Å²) >= 11 is 0. The first-order valence-electron chi connectivity index (χ1n) is 10.9. The van der Waals surface area contributed by atoms with E-state index in [4.69, 9.17) is 10.7 Å². The van der Waals surface area contributed by atoms with Crippen molar-refractivity contribution in [2.75, 3.05) is 18.0 Å². The fraction of sp³-hybridized carbons (Fsp3) is 0.269. The Labute approximate surface area is 188 Å². The quantitative estimate of drug-likeness (QED) is 0.675. The van der Waals surface area contributed by atoms with Gasteiger partial charge in [-0.15, -0.1) is 0 Å². The molecule has 0 radical (unpaired) electrons. The first kappa shape index (κ1) is 21.5.